The van der Waals surface area contributed by atoms with Crippen LogP contribution >= 0.6 is 11.3 Å². The second-order valence-corrected chi connectivity index (χ2v) is 6.01. The molecule has 1 N–H and O–H groups in total. The fourth-order valence-corrected chi connectivity index (χ4v) is 3.84. The molecule has 0 bridgehead atoms. The Labute approximate surface area is 95.9 Å². The van der Waals surface area contributed by atoms with E-state index in [0.29, 0.717) is 0 Å². The van der Waals surface area contributed by atoms with Crippen LogP contribution in [0.5, 0.6) is 0 Å². The summed E-state index contributed by atoms with van der Waals surface area (Å²) in [6, 6.07) is 0.833. The fourth-order valence-electron chi connectivity index (χ4n) is 2.62. The molecular formula is C13H19NS. The van der Waals surface area contributed by atoms with Crippen molar-refractivity contribution in [3.05, 3.63) is 21.4 Å². The number of hydrogen-bond donors (Lipinski definition) is 1. The molecule has 2 aliphatic rings. The molecule has 1 nitrogen and oxygen atoms in total. The molecule has 15 heavy (non-hydrogen) atoms. The summed E-state index contributed by atoms with van der Waals surface area (Å²) in [5, 5.41) is 6.03. The summed E-state index contributed by atoms with van der Waals surface area (Å²) in [5.41, 5.74) is 3.29. The van der Waals surface area contributed by atoms with Gasteiger partial charge in [0.25, 0.3) is 0 Å². The first-order chi connectivity index (χ1) is 7.34. The summed E-state index contributed by atoms with van der Waals surface area (Å²) in [4.78, 5) is 1.67. The maximum Gasteiger partial charge on any atom is 0.0219 e. The summed E-state index contributed by atoms with van der Waals surface area (Å²) in [6.45, 7) is 3.51. The van der Waals surface area contributed by atoms with Crippen LogP contribution in [0.25, 0.3) is 0 Å². The molecule has 0 amide bonds. The normalized spacial score (nSPS) is 25.3. The van der Waals surface area contributed by atoms with Crippen molar-refractivity contribution in [3.63, 3.8) is 0 Å². The number of hydrogen-bond acceptors (Lipinski definition) is 2. The predicted octanol–water partition coefficient (Wildman–Crippen LogP) is 3.44. The van der Waals surface area contributed by atoms with Gasteiger partial charge in [0.15, 0.2) is 0 Å². The molecular weight excluding hydrogens is 202 g/mol. The SMILES string of the molecule is CC1CCCc2scc(CNC3CC3)c21. The van der Waals surface area contributed by atoms with Gasteiger partial charge in [0.05, 0.1) is 0 Å². The van der Waals surface area contributed by atoms with Crippen LogP contribution in [0.4, 0.5) is 0 Å². The topological polar surface area (TPSA) is 12.0 Å². The zero-order valence-corrected chi connectivity index (χ0v) is 10.2. The summed E-state index contributed by atoms with van der Waals surface area (Å²) in [6.07, 6.45) is 6.89. The number of thiophene rings is 1. The molecule has 1 heterocycles. The Hall–Kier alpha value is -0.340. The molecule has 1 unspecified atom stereocenters. The maximum absolute atomic E-state index is 3.64. The van der Waals surface area contributed by atoms with Crippen LogP contribution in [-0.4, -0.2) is 6.04 Å². The largest absolute Gasteiger partial charge is 0.310 e. The van der Waals surface area contributed by atoms with Gasteiger partial charge in [-0.25, -0.2) is 0 Å². The van der Waals surface area contributed by atoms with E-state index in [2.05, 4.69) is 17.6 Å². The second kappa shape index (κ2) is 3.91. The highest BCUT2D eigenvalue weighted by molar-refractivity contribution is 7.10. The molecule has 1 atom stereocenters. The van der Waals surface area contributed by atoms with Gasteiger partial charge in [-0.1, -0.05) is 6.92 Å². The monoisotopic (exact) mass is 221 g/mol. The van der Waals surface area contributed by atoms with Crippen LogP contribution in [0.2, 0.25) is 0 Å². The average molecular weight is 221 g/mol. The van der Waals surface area contributed by atoms with Crippen molar-refractivity contribution in [1.29, 1.82) is 0 Å². The third-order valence-electron chi connectivity index (χ3n) is 3.68. The molecule has 1 aromatic heterocycles. The van der Waals surface area contributed by atoms with Gasteiger partial charge in [-0.2, -0.15) is 0 Å². The van der Waals surface area contributed by atoms with Crippen LogP contribution in [0.3, 0.4) is 0 Å². The van der Waals surface area contributed by atoms with Crippen molar-refractivity contribution in [2.75, 3.05) is 0 Å². The fraction of sp³-hybridized carbons (Fsp3) is 0.692. The van der Waals surface area contributed by atoms with Gasteiger partial charge in [0.2, 0.25) is 0 Å². The lowest BCUT2D eigenvalue weighted by Crippen LogP contribution is -2.17. The van der Waals surface area contributed by atoms with Crippen LogP contribution < -0.4 is 5.32 Å². The molecule has 0 aromatic carbocycles. The molecule has 2 aliphatic carbocycles. The first kappa shape index (κ1) is 9.86. The Bertz CT molecular complexity index is 351. The first-order valence-corrected chi connectivity index (χ1v) is 7.05. The zero-order valence-electron chi connectivity index (χ0n) is 9.38. The van der Waals surface area contributed by atoms with E-state index >= 15 is 0 Å². The molecule has 0 spiro atoms. The van der Waals surface area contributed by atoms with E-state index in [1.807, 2.05) is 11.3 Å². The van der Waals surface area contributed by atoms with Crippen molar-refractivity contribution in [3.8, 4) is 0 Å². The summed E-state index contributed by atoms with van der Waals surface area (Å²) < 4.78 is 0. The Morgan fingerprint density at radius 3 is 3.07 bits per heavy atom. The van der Waals surface area contributed by atoms with E-state index in [0.717, 1.165) is 18.5 Å². The Morgan fingerprint density at radius 2 is 2.27 bits per heavy atom. The smallest absolute Gasteiger partial charge is 0.0219 e. The first-order valence-electron chi connectivity index (χ1n) is 6.17. The minimum atomic E-state index is 0.802. The van der Waals surface area contributed by atoms with Crippen LogP contribution in [0.1, 0.15) is 54.5 Å². The van der Waals surface area contributed by atoms with Gasteiger partial charge in [-0.05, 0) is 54.5 Å². The lowest BCUT2D eigenvalue weighted by molar-refractivity contribution is 0.585. The second-order valence-electron chi connectivity index (χ2n) is 5.05. The van der Waals surface area contributed by atoms with E-state index in [1.165, 1.54) is 32.1 Å². The van der Waals surface area contributed by atoms with Gasteiger partial charge in [0.1, 0.15) is 0 Å². The summed E-state index contributed by atoms with van der Waals surface area (Å²) in [7, 11) is 0. The molecule has 0 saturated heterocycles. The number of nitrogens with one attached hydrogen (secondary N) is 1. The maximum atomic E-state index is 3.64. The summed E-state index contributed by atoms with van der Waals surface area (Å²) in [5.74, 6) is 0.802. The minimum Gasteiger partial charge on any atom is -0.310 e. The zero-order chi connectivity index (χ0) is 10.3. The van der Waals surface area contributed by atoms with Gasteiger partial charge in [0, 0.05) is 17.5 Å². The lowest BCUT2D eigenvalue weighted by Gasteiger charge is -2.20. The molecule has 2 heteroatoms. The van der Waals surface area contributed by atoms with Gasteiger partial charge in [-0.15, -0.1) is 11.3 Å². The molecule has 1 saturated carbocycles. The number of rotatable bonds is 3. The number of fused-ring (bicyclic) bond motifs is 1. The van der Waals surface area contributed by atoms with Crippen molar-refractivity contribution >= 4 is 11.3 Å². The molecule has 82 valence electrons. The highest BCUT2D eigenvalue weighted by atomic mass is 32.1. The number of aryl methyl sites for hydroxylation is 1. The minimum absolute atomic E-state index is 0.802. The van der Waals surface area contributed by atoms with Gasteiger partial charge >= 0.3 is 0 Å². The van der Waals surface area contributed by atoms with Gasteiger partial charge < -0.3 is 5.32 Å². The molecule has 1 aromatic rings. The van der Waals surface area contributed by atoms with E-state index in [1.54, 1.807) is 16.0 Å². The Kier molecular flexibility index (Phi) is 2.57. The molecule has 0 aliphatic heterocycles. The summed E-state index contributed by atoms with van der Waals surface area (Å²) >= 11 is 1.99. The third kappa shape index (κ3) is 1.98. The van der Waals surface area contributed by atoms with Crippen molar-refractivity contribution < 1.29 is 0 Å². The Morgan fingerprint density at radius 1 is 1.40 bits per heavy atom. The van der Waals surface area contributed by atoms with Gasteiger partial charge in [-0.3, -0.25) is 0 Å². The third-order valence-corrected chi connectivity index (χ3v) is 4.79. The Balaban J connectivity index is 1.78. The van der Waals surface area contributed by atoms with Crippen molar-refractivity contribution in [1.82, 2.24) is 5.32 Å². The van der Waals surface area contributed by atoms with Crippen molar-refractivity contribution in [2.45, 2.75) is 57.5 Å². The van der Waals surface area contributed by atoms with Crippen LogP contribution in [0.15, 0.2) is 5.38 Å². The molecule has 3 rings (SSSR count). The van der Waals surface area contributed by atoms with E-state index in [4.69, 9.17) is 0 Å². The molecule has 0 radical (unpaired) electrons. The molecule has 1 fully saturated rings. The quantitative estimate of drug-likeness (QED) is 0.824. The lowest BCUT2D eigenvalue weighted by atomic mass is 9.87. The standard InChI is InChI=1S/C13H19NS/c1-9-3-2-4-12-13(9)10(8-15-12)7-14-11-5-6-11/h8-9,11,14H,2-7H2,1H3. The highest BCUT2D eigenvalue weighted by Crippen LogP contribution is 2.37. The van der Waals surface area contributed by atoms with E-state index in [-0.39, 0.29) is 0 Å². The highest BCUT2D eigenvalue weighted by Gasteiger charge is 2.24. The average Bonchev–Trinajstić information content (AvgIpc) is 2.96. The predicted molar refractivity (Wildman–Crippen MR) is 65.5 cm³/mol. The van der Waals surface area contributed by atoms with Crippen molar-refractivity contribution in [2.24, 2.45) is 0 Å². The van der Waals surface area contributed by atoms with Crippen LogP contribution in [0, 0.1) is 0 Å². The van der Waals surface area contributed by atoms with E-state index < -0.39 is 0 Å². The van der Waals surface area contributed by atoms with E-state index in [9.17, 15) is 0 Å². The van der Waals surface area contributed by atoms with Crippen LogP contribution in [-0.2, 0) is 13.0 Å².